The fraction of sp³-hybridized carbons (Fsp3) is 0.278. The molecule has 22 heavy (non-hydrogen) atoms. The van der Waals surface area contributed by atoms with E-state index in [1.807, 2.05) is 30.6 Å². The van der Waals surface area contributed by atoms with Crippen LogP contribution in [0.15, 0.2) is 54.9 Å². The van der Waals surface area contributed by atoms with Gasteiger partial charge in [0.25, 0.3) is 0 Å². The number of aromatic nitrogens is 2. The van der Waals surface area contributed by atoms with Crippen LogP contribution in [-0.4, -0.2) is 16.2 Å². The molecule has 0 aliphatic heterocycles. The lowest BCUT2D eigenvalue weighted by Crippen LogP contribution is -2.01. The standard InChI is InChI=1S/C18H20N2O.ClH/c1-15-8-10-16(11-9-15)21-13-5-4-12-20-14-19-17-6-2-3-7-18(17)20;/h2-3,6-11,14H,4-5,12-13H2,1H3;1H. The Labute approximate surface area is 137 Å². The van der Waals surface area contributed by atoms with Gasteiger partial charge >= 0.3 is 0 Å². The summed E-state index contributed by atoms with van der Waals surface area (Å²) in [5.41, 5.74) is 3.53. The molecule has 3 nitrogen and oxygen atoms in total. The van der Waals surface area contributed by atoms with Crippen LogP contribution in [-0.2, 0) is 6.54 Å². The Balaban J connectivity index is 0.00000176. The monoisotopic (exact) mass is 316 g/mol. The average Bonchev–Trinajstić information content (AvgIpc) is 2.92. The summed E-state index contributed by atoms with van der Waals surface area (Å²) in [4.78, 5) is 4.41. The third-order valence-corrected chi connectivity index (χ3v) is 3.61. The van der Waals surface area contributed by atoms with Crippen LogP contribution < -0.4 is 4.74 Å². The molecule has 0 spiro atoms. The number of nitrogens with zero attached hydrogens (tertiary/aromatic N) is 2. The van der Waals surface area contributed by atoms with E-state index in [0.29, 0.717) is 0 Å². The van der Waals surface area contributed by atoms with E-state index in [0.717, 1.165) is 37.3 Å². The molecule has 1 heterocycles. The van der Waals surface area contributed by atoms with Crippen molar-refractivity contribution in [1.29, 1.82) is 0 Å². The summed E-state index contributed by atoms with van der Waals surface area (Å²) in [6, 6.07) is 16.4. The summed E-state index contributed by atoms with van der Waals surface area (Å²) in [6.45, 7) is 3.83. The predicted molar refractivity (Wildman–Crippen MR) is 92.9 cm³/mol. The van der Waals surface area contributed by atoms with Gasteiger partial charge in [0.15, 0.2) is 0 Å². The van der Waals surface area contributed by atoms with Crippen molar-refractivity contribution in [2.75, 3.05) is 6.61 Å². The van der Waals surface area contributed by atoms with Crippen molar-refractivity contribution in [2.24, 2.45) is 0 Å². The lowest BCUT2D eigenvalue weighted by Gasteiger charge is -2.07. The first-order chi connectivity index (χ1) is 10.3. The van der Waals surface area contributed by atoms with Crippen molar-refractivity contribution < 1.29 is 4.74 Å². The van der Waals surface area contributed by atoms with Crippen LogP contribution in [0.25, 0.3) is 11.0 Å². The lowest BCUT2D eigenvalue weighted by molar-refractivity contribution is 0.303. The number of fused-ring (bicyclic) bond motifs is 1. The van der Waals surface area contributed by atoms with Gasteiger partial charge in [-0.05, 0) is 44.0 Å². The van der Waals surface area contributed by atoms with Gasteiger partial charge in [-0.3, -0.25) is 0 Å². The second-order valence-electron chi connectivity index (χ2n) is 5.30. The Morgan fingerprint density at radius 1 is 1.00 bits per heavy atom. The highest BCUT2D eigenvalue weighted by atomic mass is 35.5. The fourth-order valence-electron chi connectivity index (χ4n) is 2.40. The highest BCUT2D eigenvalue weighted by Crippen LogP contribution is 2.14. The van der Waals surface area contributed by atoms with Gasteiger partial charge in [0, 0.05) is 6.54 Å². The number of hydrogen-bond acceptors (Lipinski definition) is 2. The molecule has 3 rings (SSSR count). The molecule has 0 bridgehead atoms. The molecule has 0 aliphatic carbocycles. The summed E-state index contributed by atoms with van der Waals surface area (Å²) < 4.78 is 7.95. The molecule has 0 N–H and O–H groups in total. The SMILES string of the molecule is Cc1ccc(OCCCCn2cnc3ccccc32)cc1.Cl. The van der Waals surface area contributed by atoms with Crippen molar-refractivity contribution >= 4 is 23.4 Å². The van der Waals surface area contributed by atoms with Crippen LogP contribution in [0.2, 0.25) is 0 Å². The zero-order chi connectivity index (χ0) is 14.5. The molecule has 3 aromatic rings. The van der Waals surface area contributed by atoms with E-state index in [2.05, 4.69) is 40.7 Å². The molecule has 4 heteroatoms. The number of rotatable bonds is 6. The topological polar surface area (TPSA) is 27.1 Å². The molecule has 0 amide bonds. The average molecular weight is 317 g/mol. The highest BCUT2D eigenvalue weighted by Gasteiger charge is 2.01. The van der Waals surface area contributed by atoms with E-state index in [1.54, 1.807) is 0 Å². The van der Waals surface area contributed by atoms with Crippen molar-refractivity contribution in [3.63, 3.8) is 0 Å². The Bertz CT molecular complexity index is 706. The normalized spacial score (nSPS) is 10.4. The molecule has 0 fully saturated rings. The first-order valence-electron chi connectivity index (χ1n) is 7.42. The quantitative estimate of drug-likeness (QED) is 0.620. The molecule has 2 aromatic carbocycles. The number of benzene rings is 2. The number of para-hydroxylation sites is 2. The van der Waals surface area contributed by atoms with Crippen molar-refractivity contribution in [2.45, 2.75) is 26.3 Å². The Kier molecular flexibility index (Phi) is 5.84. The molecule has 0 atom stereocenters. The van der Waals surface area contributed by atoms with Crippen molar-refractivity contribution in [3.05, 3.63) is 60.4 Å². The van der Waals surface area contributed by atoms with Gasteiger partial charge in [0.05, 0.1) is 24.0 Å². The molecule has 0 aliphatic rings. The van der Waals surface area contributed by atoms with Crippen LogP contribution in [0, 0.1) is 6.92 Å². The second-order valence-corrected chi connectivity index (χ2v) is 5.30. The first-order valence-corrected chi connectivity index (χ1v) is 7.42. The smallest absolute Gasteiger partial charge is 0.119 e. The minimum Gasteiger partial charge on any atom is -0.494 e. The lowest BCUT2D eigenvalue weighted by atomic mass is 10.2. The van der Waals surface area contributed by atoms with Gasteiger partial charge in [-0.1, -0.05) is 29.8 Å². The summed E-state index contributed by atoms with van der Waals surface area (Å²) in [6.07, 6.45) is 4.05. The summed E-state index contributed by atoms with van der Waals surface area (Å²) in [5, 5.41) is 0. The van der Waals surface area contributed by atoms with E-state index < -0.39 is 0 Å². The number of hydrogen-bond donors (Lipinski definition) is 0. The number of halogens is 1. The molecular formula is C18H21ClN2O. The van der Waals surface area contributed by atoms with E-state index in [-0.39, 0.29) is 12.4 Å². The van der Waals surface area contributed by atoms with E-state index in [9.17, 15) is 0 Å². The van der Waals surface area contributed by atoms with Crippen LogP contribution >= 0.6 is 12.4 Å². The maximum Gasteiger partial charge on any atom is 0.119 e. The van der Waals surface area contributed by atoms with Gasteiger partial charge in [0.1, 0.15) is 5.75 Å². The summed E-state index contributed by atoms with van der Waals surface area (Å²) in [7, 11) is 0. The second kappa shape index (κ2) is 7.85. The molecule has 0 saturated heterocycles. The Morgan fingerprint density at radius 3 is 2.59 bits per heavy atom. The number of unbranched alkanes of at least 4 members (excludes halogenated alkanes) is 1. The molecule has 0 saturated carbocycles. The van der Waals surface area contributed by atoms with Crippen LogP contribution in [0.1, 0.15) is 18.4 Å². The summed E-state index contributed by atoms with van der Waals surface area (Å²) >= 11 is 0. The van der Waals surface area contributed by atoms with Gasteiger partial charge in [-0.25, -0.2) is 4.98 Å². The van der Waals surface area contributed by atoms with Gasteiger partial charge in [-0.15, -0.1) is 12.4 Å². The minimum absolute atomic E-state index is 0. The fourth-order valence-corrected chi connectivity index (χ4v) is 2.40. The highest BCUT2D eigenvalue weighted by molar-refractivity contribution is 5.85. The molecule has 116 valence electrons. The zero-order valence-corrected chi connectivity index (χ0v) is 13.6. The van der Waals surface area contributed by atoms with Gasteiger partial charge < -0.3 is 9.30 Å². The number of ether oxygens (including phenoxy) is 1. The molecular weight excluding hydrogens is 296 g/mol. The Hall–Kier alpha value is -2.00. The third-order valence-electron chi connectivity index (χ3n) is 3.61. The first kappa shape index (κ1) is 16.4. The van der Waals surface area contributed by atoms with Crippen molar-refractivity contribution in [3.8, 4) is 5.75 Å². The van der Waals surface area contributed by atoms with Gasteiger partial charge in [-0.2, -0.15) is 0 Å². The van der Waals surface area contributed by atoms with Crippen molar-refractivity contribution in [1.82, 2.24) is 9.55 Å². The van der Waals surface area contributed by atoms with Gasteiger partial charge in [0.2, 0.25) is 0 Å². The van der Waals surface area contributed by atoms with Crippen LogP contribution in [0.5, 0.6) is 5.75 Å². The Morgan fingerprint density at radius 2 is 1.77 bits per heavy atom. The van der Waals surface area contributed by atoms with E-state index >= 15 is 0 Å². The van der Waals surface area contributed by atoms with Crippen LogP contribution in [0.4, 0.5) is 0 Å². The number of imidazole rings is 1. The summed E-state index contributed by atoms with van der Waals surface area (Å²) in [5.74, 6) is 0.952. The molecule has 0 unspecified atom stereocenters. The minimum atomic E-state index is 0. The third kappa shape index (κ3) is 4.01. The maximum atomic E-state index is 5.74. The zero-order valence-electron chi connectivity index (χ0n) is 12.7. The largest absolute Gasteiger partial charge is 0.494 e. The predicted octanol–water partition coefficient (Wildman–Crippen LogP) is 4.63. The number of aryl methyl sites for hydroxylation is 2. The van der Waals surface area contributed by atoms with E-state index in [1.165, 1.54) is 11.1 Å². The molecule has 1 aromatic heterocycles. The van der Waals surface area contributed by atoms with E-state index in [4.69, 9.17) is 4.74 Å². The maximum absolute atomic E-state index is 5.74. The van der Waals surface area contributed by atoms with Crippen LogP contribution in [0.3, 0.4) is 0 Å². The molecule has 0 radical (unpaired) electrons.